The van der Waals surface area contributed by atoms with Crippen LogP contribution < -0.4 is 0 Å². The van der Waals surface area contributed by atoms with Crippen LogP contribution in [0.2, 0.25) is 0 Å². The Kier molecular flexibility index (Phi) is 32.6. The van der Waals surface area contributed by atoms with Crippen LogP contribution in [0.15, 0.2) is 12.1 Å². The van der Waals surface area contributed by atoms with Crippen LogP contribution in [0.25, 0.3) is 0 Å². The first-order chi connectivity index (χ1) is 20.5. The fraction of sp³-hybridized carbons (Fsp3) is 0.949. The molecule has 3 heteroatoms. The number of hydrogen-bond donors (Lipinski definition) is 2. The minimum absolute atomic E-state index is 0.509. The molecule has 0 saturated heterocycles. The zero-order chi connectivity index (χ0) is 30.8. The van der Waals surface area contributed by atoms with Crippen LogP contribution >= 0.6 is 0 Å². The molecule has 0 spiro atoms. The van der Waals surface area contributed by atoms with E-state index in [0.717, 1.165) is 13.1 Å². The molecule has 42 heavy (non-hydrogen) atoms. The molecular weight excluding hydrogens is 514 g/mol. The summed E-state index contributed by atoms with van der Waals surface area (Å²) in [6.45, 7) is 6.62. The van der Waals surface area contributed by atoms with Crippen molar-refractivity contribution in [2.24, 2.45) is 0 Å². The molecule has 0 unspecified atom stereocenters. The minimum atomic E-state index is -0.509. The van der Waals surface area contributed by atoms with Gasteiger partial charge in [-0.2, -0.15) is 0 Å². The van der Waals surface area contributed by atoms with Crippen LogP contribution in [0.3, 0.4) is 0 Å². The van der Waals surface area contributed by atoms with Gasteiger partial charge in [0.25, 0.3) is 0 Å². The second kappa shape index (κ2) is 33.2. The molecule has 0 aliphatic heterocycles. The highest BCUT2D eigenvalue weighted by Gasteiger charge is 2.20. The van der Waals surface area contributed by atoms with E-state index in [0.29, 0.717) is 4.48 Å². The average molecular weight is 595 g/mol. The van der Waals surface area contributed by atoms with Gasteiger partial charge in [-0.3, -0.25) is 4.48 Å². The van der Waals surface area contributed by atoms with Crippen LogP contribution in [0.1, 0.15) is 219 Å². The lowest BCUT2D eigenvalue weighted by molar-refractivity contribution is -0.861. The van der Waals surface area contributed by atoms with E-state index in [-0.39, 0.29) is 0 Å². The van der Waals surface area contributed by atoms with Crippen molar-refractivity contribution >= 4 is 0 Å². The standard InChI is InChI=1S/C39H79NO2/c1-4-6-8-10-12-14-16-18-20-22-24-26-28-30-32-34-36-40(3,38-39(41)42)37-35-33-31-29-27-25-23-21-19-17-15-13-11-9-7-5-2/h38H,4-37H2,1-3H3,(H-,41,42)/p+1. The Bertz CT molecular complexity index is 507. The Labute approximate surface area is 265 Å². The fourth-order valence-electron chi connectivity index (χ4n) is 6.56. The highest BCUT2D eigenvalue weighted by Crippen LogP contribution is 2.18. The summed E-state index contributed by atoms with van der Waals surface area (Å²) in [5, 5.41) is 19.1. The van der Waals surface area contributed by atoms with Crippen LogP contribution in [-0.4, -0.2) is 34.8 Å². The van der Waals surface area contributed by atoms with Crippen LogP contribution in [0.5, 0.6) is 0 Å². The lowest BCUT2D eigenvalue weighted by Gasteiger charge is -2.30. The molecule has 0 radical (unpaired) electrons. The first-order valence-corrected chi connectivity index (χ1v) is 19.5. The zero-order valence-corrected chi connectivity index (χ0v) is 29.5. The summed E-state index contributed by atoms with van der Waals surface area (Å²) in [5.41, 5.74) is 0. The van der Waals surface area contributed by atoms with E-state index in [1.54, 1.807) is 6.20 Å². The van der Waals surface area contributed by atoms with Crippen LogP contribution in [-0.2, 0) is 0 Å². The smallest absolute Gasteiger partial charge is 0.330 e. The van der Waals surface area contributed by atoms with Crippen molar-refractivity contribution < 1.29 is 14.7 Å². The van der Waals surface area contributed by atoms with E-state index in [9.17, 15) is 10.2 Å². The first-order valence-electron chi connectivity index (χ1n) is 19.5. The lowest BCUT2D eigenvalue weighted by Crippen LogP contribution is -2.40. The van der Waals surface area contributed by atoms with Crippen LogP contribution in [0, 0.1) is 0 Å². The van der Waals surface area contributed by atoms with E-state index in [4.69, 9.17) is 0 Å². The van der Waals surface area contributed by atoms with Gasteiger partial charge in [0, 0.05) is 0 Å². The molecule has 0 heterocycles. The molecule has 0 fully saturated rings. The maximum Gasteiger partial charge on any atom is 0.330 e. The summed E-state index contributed by atoms with van der Waals surface area (Å²) in [6.07, 6.45) is 46.1. The molecule has 0 aromatic heterocycles. The Balaban J connectivity index is 3.62. The van der Waals surface area contributed by atoms with Crippen molar-refractivity contribution in [1.29, 1.82) is 0 Å². The summed E-state index contributed by atoms with van der Waals surface area (Å²) >= 11 is 0. The largest absolute Gasteiger partial charge is 0.477 e. The Morgan fingerprint density at radius 1 is 0.357 bits per heavy atom. The SMILES string of the molecule is CCCCCCCCCCCCCCCCCC[N+](C)(C=C(O)O)CCCCCCCCCCCCCCCCCC. The van der Waals surface area contributed by atoms with Gasteiger partial charge in [-0.15, -0.1) is 0 Å². The third kappa shape index (κ3) is 32.2. The van der Waals surface area contributed by atoms with Crippen molar-refractivity contribution in [3.63, 3.8) is 0 Å². The van der Waals surface area contributed by atoms with E-state index in [1.165, 1.54) is 205 Å². The van der Waals surface area contributed by atoms with Gasteiger partial charge in [0.05, 0.1) is 20.1 Å². The van der Waals surface area contributed by atoms with E-state index >= 15 is 0 Å². The van der Waals surface area contributed by atoms with Gasteiger partial charge in [-0.05, 0) is 25.7 Å². The van der Waals surface area contributed by atoms with Gasteiger partial charge in [-0.25, -0.2) is 0 Å². The lowest BCUT2D eigenvalue weighted by atomic mass is 10.0. The molecule has 0 rings (SSSR count). The number of aliphatic hydroxyl groups is 2. The highest BCUT2D eigenvalue weighted by molar-refractivity contribution is 4.70. The van der Waals surface area contributed by atoms with Crippen molar-refractivity contribution in [2.45, 2.75) is 219 Å². The summed E-state index contributed by atoms with van der Waals surface area (Å²) in [7, 11) is 2.17. The molecule has 2 N–H and O–H groups in total. The molecule has 0 bridgehead atoms. The number of rotatable bonds is 35. The molecular formula is C39H80NO2+. The maximum atomic E-state index is 9.56. The number of quaternary nitrogens is 1. The average Bonchev–Trinajstić information content (AvgIpc) is 2.96. The van der Waals surface area contributed by atoms with Gasteiger partial charge in [-0.1, -0.05) is 194 Å². The van der Waals surface area contributed by atoms with Crippen molar-refractivity contribution in [3.05, 3.63) is 12.1 Å². The Morgan fingerprint density at radius 3 is 0.738 bits per heavy atom. The second-order valence-electron chi connectivity index (χ2n) is 14.0. The molecule has 0 aliphatic carbocycles. The first kappa shape index (κ1) is 41.3. The van der Waals surface area contributed by atoms with E-state index in [1.807, 2.05) is 0 Å². The number of nitrogens with zero attached hydrogens (tertiary/aromatic N) is 1. The molecule has 0 saturated carbocycles. The third-order valence-corrected chi connectivity index (χ3v) is 9.47. The van der Waals surface area contributed by atoms with Gasteiger partial charge < -0.3 is 10.2 Å². The predicted octanol–water partition coefficient (Wildman–Crippen LogP) is 13.9. The molecule has 0 amide bonds. The third-order valence-electron chi connectivity index (χ3n) is 9.47. The van der Waals surface area contributed by atoms with Crippen molar-refractivity contribution in [1.82, 2.24) is 0 Å². The second-order valence-corrected chi connectivity index (χ2v) is 14.0. The minimum Gasteiger partial charge on any atom is -0.477 e. The molecule has 0 aromatic carbocycles. The molecule has 0 aliphatic rings. The Morgan fingerprint density at radius 2 is 0.548 bits per heavy atom. The topological polar surface area (TPSA) is 40.5 Å². The number of hydrogen-bond acceptors (Lipinski definition) is 2. The fourth-order valence-corrected chi connectivity index (χ4v) is 6.56. The van der Waals surface area contributed by atoms with Crippen LogP contribution in [0.4, 0.5) is 0 Å². The molecule has 0 atom stereocenters. The van der Waals surface area contributed by atoms with Crippen molar-refractivity contribution in [3.8, 4) is 0 Å². The molecule has 252 valence electrons. The van der Waals surface area contributed by atoms with Gasteiger partial charge >= 0.3 is 5.95 Å². The summed E-state index contributed by atoms with van der Waals surface area (Å²) in [5.74, 6) is -0.509. The monoisotopic (exact) mass is 595 g/mol. The summed E-state index contributed by atoms with van der Waals surface area (Å²) in [6, 6.07) is 0. The highest BCUT2D eigenvalue weighted by atomic mass is 16.5. The molecule has 0 aromatic rings. The number of unbranched alkanes of at least 4 members (excludes halogenated alkanes) is 30. The van der Waals surface area contributed by atoms with E-state index < -0.39 is 5.95 Å². The van der Waals surface area contributed by atoms with E-state index in [2.05, 4.69) is 20.9 Å². The van der Waals surface area contributed by atoms with Gasteiger partial charge in [0.15, 0.2) is 6.20 Å². The Hall–Kier alpha value is -0.700. The normalized spacial score (nSPS) is 11.8. The number of aliphatic hydroxyl groups excluding tert-OH is 1. The zero-order valence-electron chi connectivity index (χ0n) is 29.5. The predicted molar refractivity (Wildman–Crippen MR) is 188 cm³/mol. The summed E-state index contributed by atoms with van der Waals surface area (Å²) in [4.78, 5) is 0. The quantitative estimate of drug-likeness (QED) is 0.0435. The maximum absolute atomic E-state index is 9.56. The van der Waals surface area contributed by atoms with Crippen molar-refractivity contribution in [2.75, 3.05) is 20.1 Å². The van der Waals surface area contributed by atoms with Gasteiger partial charge in [0.1, 0.15) is 0 Å². The van der Waals surface area contributed by atoms with Gasteiger partial charge in [0.2, 0.25) is 0 Å². The molecule has 3 nitrogen and oxygen atoms in total. The summed E-state index contributed by atoms with van der Waals surface area (Å²) < 4.78 is 0.666.